The van der Waals surface area contributed by atoms with Gasteiger partial charge in [0, 0.05) is 0 Å². The molecule has 0 saturated heterocycles. The second-order valence-electron chi connectivity index (χ2n) is 3.16. The molecule has 0 aromatic carbocycles. The van der Waals surface area contributed by atoms with E-state index in [9.17, 15) is 60.6 Å². The highest BCUT2D eigenvalue weighted by molar-refractivity contribution is 7.87. The minimum atomic E-state index is -7.86. The molecule has 0 fully saturated rings. The van der Waals surface area contributed by atoms with Crippen LogP contribution < -0.4 is 0 Å². The maximum absolute atomic E-state index is 12.7. The molecule has 0 bridgehead atoms. The third-order valence-electron chi connectivity index (χ3n) is 1.63. The molecule has 0 aliphatic carbocycles. The van der Waals surface area contributed by atoms with E-state index in [4.69, 9.17) is 0 Å². The number of alkyl halides is 11. The molecule has 21 heavy (non-hydrogen) atoms. The first-order chi connectivity index (χ1) is 8.71. The first-order valence-electron chi connectivity index (χ1n) is 3.93. The topological polar surface area (TPSA) is 43.4 Å². The van der Waals surface area contributed by atoms with Gasteiger partial charge in [-0.25, -0.2) is 0 Å². The standard InChI is InChI=1S/C5F12O3S/c6-1(7,2(8,9)10)4(14,15)20-5(16,3(11,12)13)21(17,18)19. The van der Waals surface area contributed by atoms with E-state index in [0.29, 0.717) is 0 Å². The molecule has 3 nitrogen and oxygen atoms in total. The summed E-state index contributed by atoms with van der Waals surface area (Å²) >= 11 is 0. The molecule has 0 spiro atoms. The van der Waals surface area contributed by atoms with Gasteiger partial charge in [0.2, 0.25) is 0 Å². The summed E-state index contributed by atoms with van der Waals surface area (Å²) < 4.78 is 165. The van der Waals surface area contributed by atoms with Crippen molar-refractivity contribution >= 4 is 10.2 Å². The Labute approximate surface area is 106 Å². The van der Waals surface area contributed by atoms with Crippen LogP contribution in [0, 0.1) is 0 Å². The summed E-state index contributed by atoms with van der Waals surface area (Å²) in [6.45, 7) is 0. The monoisotopic (exact) mass is 368 g/mol. The fourth-order valence-corrected chi connectivity index (χ4v) is 1.12. The molecule has 16 heteroatoms. The predicted molar refractivity (Wildman–Crippen MR) is 37.0 cm³/mol. The second-order valence-corrected chi connectivity index (χ2v) is 4.56. The van der Waals surface area contributed by atoms with Gasteiger partial charge < -0.3 is 0 Å². The van der Waals surface area contributed by atoms with Gasteiger partial charge in [0.15, 0.2) is 0 Å². The summed E-state index contributed by atoms with van der Waals surface area (Å²) in [4.78, 5) is 0. The van der Waals surface area contributed by atoms with Crippen LogP contribution in [0.2, 0.25) is 0 Å². The minimum Gasteiger partial charge on any atom is -0.255 e. The van der Waals surface area contributed by atoms with Crippen molar-refractivity contribution in [1.82, 2.24) is 0 Å². The Morgan fingerprint density at radius 1 is 0.667 bits per heavy atom. The van der Waals surface area contributed by atoms with Crippen molar-refractivity contribution < 1.29 is 65.3 Å². The summed E-state index contributed by atoms with van der Waals surface area (Å²) in [5.41, 5.74) is 0. The van der Waals surface area contributed by atoms with E-state index < -0.39 is 39.8 Å². The van der Waals surface area contributed by atoms with Gasteiger partial charge in [-0.2, -0.15) is 56.7 Å². The van der Waals surface area contributed by atoms with Crippen molar-refractivity contribution in [3.63, 3.8) is 0 Å². The zero-order valence-corrected chi connectivity index (χ0v) is 9.49. The summed E-state index contributed by atoms with van der Waals surface area (Å²) in [5, 5.41) is -7.14. The molecule has 1 unspecified atom stereocenters. The quantitative estimate of drug-likeness (QED) is 0.565. The number of rotatable bonds is 4. The van der Waals surface area contributed by atoms with Gasteiger partial charge in [0.25, 0.3) is 0 Å². The molecule has 0 aromatic heterocycles. The average molecular weight is 368 g/mol. The first-order valence-corrected chi connectivity index (χ1v) is 5.31. The van der Waals surface area contributed by atoms with Crippen LogP contribution in [0.3, 0.4) is 0 Å². The molecule has 0 saturated carbocycles. The fraction of sp³-hybridized carbons (Fsp3) is 1.00. The lowest BCUT2D eigenvalue weighted by molar-refractivity contribution is -0.466. The lowest BCUT2D eigenvalue weighted by Crippen LogP contribution is -2.60. The van der Waals surface area contributed by atoms with Gasteiger partial charge >= 0.3 is 39.8 Å². The largest absolute Gasteiger partial charge is 0.467 e. The van der Waals surface area contributed by atoms with E-state index in [1.807, 2.05) is 0 Å². The Balaban J connectivity index is 6.01. The van der Waals surface area contributed by atoms with Crippen LogP contribution in [-0.2, 0) is 15.0 Å². The van der Waals surface area contributed by atoms with E-state index in [0.717, 1.165) is 0 Å². The molecule has 0 rings (SSSR count). The van der Waals surface area contributed by atoms with Crippen LogP contribution in [0.25, 0.3) is 0 Å². The Morgan fingerprint density at radius 2 is 1.00 bits per heavy atom. The number of ether oxygens (including phenoxy) is 1. The minimum absolute atomic E-state index is 1.39. The van der Waals surface area contributed by atoms with Gasteiger partial charge in [-0.3, -0.25) is 4.74 Å². The summed E-state index contributed by atoms with van der Waals surface area (Å²) in [6.07, 6.45) is -21.9. The molecule has 0 aliphatic rings. The van der Waals surface area contributed by atoms with E-state index >= 15 is 0 Å². The predicted octanol–water partition coefficient (Wildman–Crippen LogP) is 3.28. The molecular weight excluding hydrogens is 368 g/mol. The molecule has 0 radical (unpaired) electrons. The number of hydrogen-bond acceptors (Lipinski definition) is 3. The molecule has 0 amide bonds. The Bertz CT molecular complexity index is 488. The normalized spacial score (nSPS) is 18.5. The van der Waals surface area contributed by atoms with Crippen molar-refractivity contribution in [2.75, 3.05) is 0 Å². The van der Waals surface area contributed by atoms with Gasteiger partial charge in [0.05, 0.1) is 0 Å². The van der Waals surface area contributed by atoms with Gasteiger partial charge in [-0.05, 0) is 0 Å². The smallest absolute Gasteiger partial charge is 0.255 e. The molecule has 0 heterocycles. The van der Waals surface area contributed by atoms with Crippen molar-refractivity contribution in [3.05, 3.63) is 0 Å². The molecule has 1 atom stereocenters. The number of hydrogen-bond donors (Lipinski definition) is 0. The first kappa shape index (κ1) is 20.1. The van der Waals surface area contributed by atoms with Crippen molar-refractivity contribution in [2.24, 2.45) is 0 Å². The van der Waals surface area contributed by atoms with Gasteiger partial charge in [-0.15, -0.1) is 0 Å². The third kappa shape index (κ3) is 3.29. The van der Waals surface area contributed by atoms with E-state index in [-0.39, 0.29) is 0 Å². The summed E-state index contributed by atoms with van der Waals surface area (Å²) in [6, 6.07) is 0. The Hall–Kier alpha value is -0.930. The fourth-order valence-electron chi connectivity index (χ4n) is 0.640. The molecule has 0 aliphatic heterocycles. The third-order valence-corrected chi connectivity index (χ3v) is 2.58. The maximum atomic E-state index is 12.7. The van der Waals surface area contributed by atoms with E-state index in [1.165, 1.54) is 4.74 Å². The summed E-state index contributed by atoms with van der Waals surface area (Å²) in [7, 11) is -7.86. The highest BCUT2D eigenvalue weighted by Crippen LogP contribution is 2.52. The van der Waals surface area contributed by atoms with Crippen molar-refractivity contribution in [1.29, 1.82) is 0 Å². The molecule has 0 N–H and O–H groups in total. The van der Waals surface area contributed by atoms with Crippen LogP contribution in [0.1, 0.15) is 0 Å². The van der Waals surface area contributed by atoms with Crippen molar-refractivity contribution in [3.8, 4) is 0 Å². The van der Waals surface area contributed by atoms with Gasteiger partial charge in [-0.1, -0.05) is 3.89 Å². The van der Waals surface area contributed by atoms with Crippen molar-refractivity contribution in [2.45, 2.75) is 29.6 Å². The Morgan fingerprint density at radius 3 is 1.19 bits per heavy atom. The lowest BCUT2D eigenvalue weighted by Gasteiger charge is -2.32. The van der Waals surface area contributed by atoms with E-state index in [1.54, 1.807) is 0 Å². The van der Waals surface area contributed by atoms with Crippen LogP contribution in [0.4, 0.5) is 52.2 Å². The summed E-state index contributed by atoms with van der Waals surface area (Å²) in [5.74, 6) is -7.45. The lowest BCUT2D eigenvalue weighted by atomic mass is 10.3. The molecule has 0 aromatic rings. The molecular formula is C5F12O3S. The van der Waals surface area contributed by atoms with Crippen LogP contribution >= 0.6 is 0 Å². The van der Waals surface area contributed by atoms with Crippen LogP contribution in [0.15, 0.2) is 0 Å². The van der Waals surface area contributed by atoms with Gasteiger partial charge in [0.1, 0.15) is 0 Å². The second kappa shape index (κ2) is 4.79. The van der Waals surface area contributed by atoms with E-state index in [2.05, 4.69) is 0 Å². The zero-order valence-electron chi connectivity index (χ0n) is 8.67. The number of halogens is 12. The Kier molecular flexibility index (Phi) is 4.57. The average Bonchev–Trinajstić information content (AvgIpc) is 2.10. The maximum Gasteiger partial charge on any atom is 0.467 e. The van der Waals surface area contributed by atoms with Crippen LogP contribution in [-0.4, -0.2) is 38.0 Å². The van der Waals surface area contributed by atoms with Crippen LogP contribution in [0.5, 0.6) is 0 Å². The zero-order chi connectivity index (χ0) is 17.7. The highest BCUT2D eigenvalue weighted by atomic mass is 32.3. The SMILES string of the molecule is O=S(=O)(F)C(F)(OC(F)(F)C(F)(F)C(F)(F)F)C(F)(F)F. The molecule has 128 valence electrons. The highest BCUT2D eigenvalue weighted by Gasteiger charge is 2.81.